The van der Waals surface area contributed by atoms with Crippen molar-refractivity contribution >= 4 is 11.9 Å². The zero-order valence-electron chi connectivity index (χ0n) is 9.66. The van der Waals surface area contributed by atoms with Crippen LogP contribution < -0.4 is 12.3 Å². The molecule has 0 atom stereocenters. The molecule has 0 aromatic rings. The van der Waals surface area contributed by atoms with E-state index in [4.69, 9.17) is 10.2 Å². The maximum Gasteiger partial charge on any atom is 0.303 e. The van der Waals surface area contributed by atoms with Gasteiger partial charge in [0.1, 0.15) is 0 Å². The number of carboxylic acid groups (broad SMARTS) is 2. The highest BCUT2D eigenvalue weighted by Crippen LogP contribution is 2.06. The molecule has 6 heteroatoms. The molecular formula is C9H24N2O4+2. The normalized spacial score (nSPS) is 8.53. The lowest BCUT2D eigenvalue weighted by Crippen LogP contribution is -1.95. The Bertz CT molecular complexity index is 155. The minimum atomic E-state index is -0.759. The molecule has 92 valence electrons. The topological polar surface area (TPSA) is 148 Å². The van der Waals surface area contributed by atoms with E-state index in [9.17, 15) is 9.59 Å². The van der Waals surface area contributed by atoms with Crippen LogP contribution in [0, 0.1) is 0 Å². The molecule has 0 spiro atoms. The van der Waals surface area contributed by atoms with Gasteiger partial charge in [0.25, 0.3) is 0 Å². The zero-order chi connectivity index (χ0) is 10.1. The Morgan fingerprint density at radius 1 is 0.667 bits per heavy atom. The second kappa shape index (κ2) is 12.9. The van der Waals surface area contributed by atoms with E-state index in [1.807, 2.05) is 0 Å². The number of unbranched alkanes of at least 4 members (excludes halogenated alkanes) is 4. The first-order valence-corrected chi connectivity index (χ1v) is 4.56. The van der Waals surface area contributed by atoms with Crippen LogP contribution in [0.25, 0.3) is 0 Å². The molecule has 0 aromatic heterocycles. The van der Waals surface area contributed by atoms with E-state index in [-0.39, 0.29) is 25.1 Å². The van der Waals surface area contributed by atoms with Crippen LogP contribution in [0.5, 0.6) is 0 Å². The zero-order valence-corrected chi connectivity index (χ0v) is 9.66. The van der Waals surface area contributed by atoms with E-state index in [0.717, 1.165) is 19.3 Å². The standard InChI is InChI=1S/C9H16O4.2H3N/c10-8(11)6-4-2-1-3-5-7-9(12)13;;/h1-7H2,(H,10,11)(H,12,13);2*1H3/p+2. The van der Waals surface area contributed by atoms with Crippen molar-refractivity contribution in [2.45, 2.75) is 44.9 Å². The van der Waals surface area contributed by atoms with Gasteiger partial charge >= 0.3 is 11.9 Å². The van der Waals surface area contributed by atoms with Crippen molar-refractivity contribution in [1.29, 1.82) is 0 Å². The van der Waals surface area contributed by atoms with E-state index in [0.29, 0.717) is 12.8 Å². The number of hydrogen-bond donors (Lipinski definition) is 4. The van der Waals surface area contributed by atoms with Crippen molar-refractivity contribution in [2.24, 2.45) is 0 Å². The van der Waals surface area contributed by atoms with Gasteiger partial charge in [-0.1, -0.05) is 19.3 Å². The van der Waals surface area contributed by atoms with Crippen molar-refractivity contribution in [1.82, 2.24) is 12.3 Å². The summed E-state index contributed by atoms with van der Waals surface area (Å²) in [6.45, 7) is 0. The molecular weight excluding hydrogens is 200 g/mol. The fourth-order valence-corrected chi connectivity index (χ4v) is 1.08. The van der Waals surface area contributed by atoms with Crippen molar-refractivity contribution < 1.29 is 19.8 Å². The SMILES string of the molecule is O=C(O)CCCCCCCC(=O)O.[NH4+].[NH4+]. The summed E-state index contributed by atoms with van der Waals surface area (Å²) in [6, 6.07) is 0. The second-order valence-electron chi connectivity index (χ2n) is 3.06. The molecule has 0 aromatic carbocycles. The Labute approximate surface area is 89.8 Å². The van der Waals surface area contributed by atoms with Gasteiger partial charge < -0.3 is 22.5 Å². The highest BCUT2D eigenvalue weighted by molar-refractivity contribution is 5.66. The van der Waals surface area contributed by atoms with Crippen LogP contribution in [0.4, 0.5) is 0 Å². The van der Waals surface area contributed by atoms with Gasteiger partial charge in [-0.05, 0) is 12.8 Å². The fourth-order valence-electron chi connectivity index (χ4n) is 1.08. The molecule has 6 nitrogen and oxygen atoms in total. The lowest BCUT2D eigenvalue weighted by atomic mass is 10.1. The van der Waals surface area contributed by atoms with Crippen molar-refractivity contribution in [2.75, 3.05) is 0 Å². The van der Waals surface area contributed by atoms with Gasteiger partial charge in [0.15, 0.2) is 0 Å². The summed E-state index contributed by atoms with van der Waals surface area (Å²) in [6.07, 6.45) is 4.53. The summed E-state index contributed by atoms with van der Waals surface area (Å²) in [7, 11) is 0. The van der Waals surface area contributed by atoms with Crippen LogP contribution in [-0.2, 0) is 9.59 Å². The molecule has 15 heavy (non-hydrogen) atoms. The van der Waals surface area contributed by atoms with Crippen LogP contribution >= 0.6 is 0 Å². The second-order valence-corrected chi connectivity index (χ2v) is 3.06. The number of hydrogen-bond acceptors (Lipinski definition) is 2. The van der Waals surface area contributed by atoms with E-state index in [2.05, 4.69) is 0 Å². The van der Waals surface area contributed by atoms with Crippen molar-refractivity contribution in [3.8, 4) is 0 Å². The highest BCUT2D eigenvalue weighted by Gasteiger charge is 1.98. The molecule has 0 radical (unpaired) electrons. The fraction of sp³-hybridized carbons (Fsp3) is 0.778. The Morgan fingerprint density at radius 2 is 0.933 bits per heavy atom. The maximum absolute atomic E-state index is 10.1. The molecule has 0 unspecified atom stereocenters. The number of aliphatic carboxylic acids is 2. The van der Waals surface area contributed by atoms with Gasteiger partial charge in [-0.25, -0.2) is 0 Å². The molecule has 0 aliphatic heterocycles. The molecule has 0 heterocycles. The first-order valence-electron chi connectivity index (χ1n) is 4.56. The number of carbonyl (C=O) groups is 2. The van der Waals surface area contributed by atoms with Crippen molar-refractivity contribution in [3.63, 3.8) is 0 Å². The molecule has 0 saturated carbocycles. The number of quaternary nitrogens is 2. The number of carboxylic acids is 2. The van der Waals surface area contributed by atoms with E-state index in [1.165, 1.54) is 0 Å². The minimum absolute atomic E-state index is 0. The first kappa shape index (κ1) is 19.4. The summed E-state index contributed by atoms with van der Waals surface area (Å²) in [4.78, 5) is 20.2. The van der Waals surface area contributed by atoms with Gasteiger partial charge in [0.05, 0.1) is 0 Å². The van der Waals surface area contributed by atoms with E-state index in [1.54, 1.807) is 0 Å². The van der Waals surface area contributed by atoms with E-state index < -0.39 is 11.9 Å². The summed E-state index contributed by atoms with van der Waals surface area (Å²) in [5.74, 6) is -1.52. The van der Waals surface area contributed by atoms with Crippen LogP contribution in [0.15, 0.2) is 0 Å². The summed E-state index contributed by atoms with van der Waals surface area (Å²) >= 11 is 0. The third kappa shape index (κ3) is 19.3. The summed E-state index contributed by atoms with van der Waals surface area (Å²) < 4.78 is 0. The van der Waals surface area contributed by atoms with Gasteiger partial charge in [0, 0.05) is 12.8 Å². The smallest absolute Gasteiger partial charge is 0.303 e. The predicted octanol–water partition coefficient (Wildman–Crippen LogP) is 2.64. The maximum atomic E-state index is 10.1. The molecule has 0 saturated heterocycles. The molecule has 0 rings (SSSR count). The third-order valence-corrected chi connectivity index (χ3v) is 1.78. The molecule has 10 N–H and O–H groups in total. The Balaban J connectivity index is -0.000000720. The van der Waals surface area contributed by atoms with Crippen LogP contribution in [0.2, 0.25) is 0 Å². The predicted molar refractivity (Wildman–Crippen MR) is 59.6 cm³/mol. The quantitative estimate of drug-likeness (QED) is 0.469. The lowest BCUT2D eigenvalue weighted by Gasteiger charge is -1.97. The Kier molecular flexibility index (Phi) is 16.7. The summed E-state index contributed by atoms with van der Waals surface area (Å²) in [5.41, 5.74) is 0. The Hall–Kier alpha value is -1.14. The molecule has 0 aliphatic rings. The molecule has 0 amide bonds. The largest absolute Gasteiger partial charge is 0.481 e. The van der Waals surface area contributed by atoms with Crippen molar-refractivity contribution in [3.05, 3.63) is 0 Å². The average molecular weight is 224 g/mol. The van der Waals surface area contributed by atoms with E-state index >= 15 is 0 Å². The lowest BCUT2D eigenvalue weighted by molar-refractivity contribution is -0.138. The first-order chi connectivity index (χ1) is 6.13. The Morgan fingerprint density at radius 3 is 1.20 bits per heavy atom. The average Bonchev–Trinajstić information content (AvgIpc) is 2.01. The highest BCUT2D eigenvalue weighted by atomic mass is 16.4. The van der Waals surface area contributed by atoms with Crippen LogP contribution in [0.1, 0.15) is 44.9 Å². The monoisotopic (exact) mass is 224 g/mol. The minimum Gasteiger partial charge on any atom is -0.481 e. The summed E-state index contributed by atoms with van der Waals surface area (Å²) in [5, 5.41) is 16.6. The molecule has 0 bridgehead atoms. The van der Waals surface area contributed by atoms with Gasteiger partial charge in [-0.3, -0.25) is 9.59 Å². The molecule has 0 fully saturated rings. The third-order valence-electron chi connectivity index (χ3n) is 1.78. The van der Waals surface area contributed by atoms with Gasteiger partial charge in [-0.15, -0.1) is 0 Å². The van der Waals surface area contributed by atoms with Crippen LogP contribution in [-0.4, -0.2) is 22.2 Å². The molecule has 0 aliphatic carbocycles. The van der Waals surface area contributed by atoms with Crippen LogP contribution in [0.3, 0.4) is 0 Å². The number of rotatable bonds is 8. The van der Waals surface area contributed by atoms with Gasteiger partial charge in [-0.2, -0.15) is 0 Å². The van der Waals surface area contributed by atoms with Gasteiger partial charge in [0.2, 0.25) is 0 Å².